The predicted octanol–water partition coefficient (Wildman–Crippen LogP) is 3.19. The van der Waals surface area contributed by atoms with Gasteiger partial charge in [-0.1, -0.05) is 12.8 Å². The molecular weight excluding hydrogens is 381 g/mol. The Kier molecular flexibility index (Phi) is 5.18. The Morgan fingerprint density at radius 2 is 2.00 bits per heavy atom. The maximum atomic E-state index is 14.2. The number of ether oxygens (including phenoxy) is 1. The van der Waals surface area contributed by atoms with Gasteiger partial charge >= 0.3 is 0 Å². The minimum absolute atomic E-state index is 0.0360. The first-order chi connectivity index (χ1) is 13.4. The normalized spacial score (nSPS) is 17.4. The van der Waals surface area contributed by atoms with Crippen LogP contribution in [0.3, 0.4) is 0 Å². The fraction of sp³-hybridized carbons (Fsp3) is 0.550. The van der Waals surface area contributed by atoms with E-state index in [1.807, 2.05) is 11.7 Å². The highest BCUT2D eigenvalue weighted by Gasteiger charge is 2.35. The van der Waals surface area contributed by atoms with Gasteiger partial charge in [-0.05, 0) is 55.9 Å². The number of rotatable bonds is 6. The van der Waals surface area contributed by atoms with E-state index in [1.54, 1.807) is 4.31 Å². The summed E-state index contributed by atoms with van der Waals surface area (Å²) in [5.41, 5.74) is 3.22. The minimum Gasteiger partial charge on any atom is -0.494 e. The molecule has 0 N–H and O–H groups in total. The van der Waals surface area contributed by atoms with Crippen LogP contribution >= 0.6 is 0 Å². The summed E-state index contributed by atoms with van der Waals surface area (Å²) in [6.45, 7) is 0.240. The van der Waals surface area contributed by atoms with Crippen LogP contribution in [0.4, 0.5) is 4.39 Å². The highest BCUT2D eigenvalue weighted by atomic mass is 32.2. The molecule has 4 rings (SSSR count). The average molecular weight is 408 g/mol. The fourth-order valence-corrected chi connectivity index (χ4v) is 6.18. The van der Waals surface area contributed by atoms with Gasteiger partial charge in [-0.2, -0.15) is 9.40 Å². The molecule has 1 saturated carbocycles. The van der Waals surface area contributed by atoms with Crippen molar-refractivity contribution >= 4 is 10.0 Å². The molecule has 2 aromatic rings. The first kappa shape index (κ1) is 19.4. The molecule has 0 radical (unpaired) electrons. The monoisotopic (exact) mass is 407 g/mol. The second-order valence-electron chi connectivity index (χ2n) is 7.63. The molecule has 152 valence electrons. The molecule has 2 aliphatic rings. The van der Waals surface area contributed by atoms with Crippen LogP contribution in [0.2, 0.25) is 0 Å². The van der Waals surface area contributed by atoms with Gasteiger partial charge in [0.1, 0.15) is 0 Å². The number of methoxy groups -OCH3 is 1. The van der Waals surface area contributed by atoms with E-state index in [1.165, 1.54) is 30.5 Å². The summed E-state index contributed by atoms with van der Waals surface area (Å²) in [5, 5.41) is 4.61. The topological polar surface area (TPSA) is 64.4 Å². The van der Waals surface area contributed by atoms with Crippen LogP contribution in [0, 0.1) is 5.82 Å². The molecule has 28 heavy (non-hydrogen) atoms. The highest BCUT2D eigenvalue weighted by molar-refractivity contribution is 7.89. The van der Waals surface area contributed by atoms with Gasteiger partial charge in [-0.25, -0.2) is 12.8 Å². The van der Waals surface area contributed by atoms with Gasteiger partial charge in [0.2, 0.25) is 10.0 Å². The van der Waals surface area contributed by atoms with E-state index in [2.05, 4.69) is 5.10 Å². The van der Waals surface area contributed by atoms with Crippen molar-refractivity contribution in [3.05, 3.63) is 41.0 Å². The number of nitrogens with zero attached hydrogens (tertiary/aromatic N) is 3. The van der Waals surface area contributed by atoms with E-state index in [-0.39, 0.29) is 23.2 Å². The van der Waals surface area contributed by atoms with Gasteiger partial charge in [-0.15, -0.1) is 0 Å². The van der Waals surface area contributed by atoms with E-state index in [9.17, 15) is 12.8 Å². The molecule has 8 heteroatoms. The summed E-state index contributed by atoms with van der Waals surface area (Å²) in [6, 6.07) is 3.77. The third kappa shape index (κ3) is 3.33. The smallest absolute Gasteiger partial charge is 0.243 e. The van der Waals surface area contributed by atoms with Crippen LogP contribution < -0.4 is 4.74 Å². The number of fused-ring (bicyclic) bond motifs is 1. The van der Waals surface area contributed by atoms with E-state index in [0.717, 1.165) is 56.7 Å². The molecule has 0 spiro atoms. The van der Waals surface area contributed by atoms with Crippen molar-refractivity contribution in [1.29, 1.82) is 0 Å². The van der Waals surface area contributed by atoms with Crippen molar-refractivity contribution in [2.24, 2.45) is 7.05 Å². The number of hydrogen-bond donors (Lipinski definition) is 0. The van der Waals surface area contributed by atoms with Crippen molar-refractivity contribution < 1.29 is 17.5 Å². The fourth-order valence-electron chi connectivity index (χ4n) is 4.52. The number of benzene rings is 1. The molecule has 0 aliphatic heterocycles. The maximum absolute atomic E-state index is 14.2. The lowest BCUT2D eigenvalue weighted by Gasteiger charge is -2.28. The van der Waals surface area contributed by atoms with Crippen molar-refractivity contribution in [1.82, 2.24) is 14.1 Å². The third-order valence-electron chi connectivity index (χ3n) is 5.97. The van der Waals surface area contributed by atoms with Crippen LogP contribution in [0.25, 0.3) is 0 Å². The van der Waals surface area contributed by atoms with Crippen LogP contribution in [-0.2, 0) is 36.5 Å². The quantitative estimate of drug-likeness (QED) is 0.738. The summed E-state index contributed by atoms with van der Waals surface area (Å²) in [5.74, 6) is -0.636. The second-order valence-corrected chi connectivity index (χ2v) is 9.52. The third-order valence-corrected chi connectivity index (χ3v) is 7.86. The van der Waals surface area contributed by atoms with Gasteiger partial charge < -0.3 is 4.74 Å². The zero-order valence-electron chi connectivity index (χ0n) is 16.3. The largest absolute Gasteiger partial charge is 0.494 e. The highest BCUT2D eigenvalue weighted by Crippen LogP contribution is 2.33. The lowest BCUT2D eigenvalue weighted by Crippen LogP contribution is -2.38. The first-order valence-electron chi connectivity index (χ1n) is 9.81. The summed E-state index contributed by atoms with van der Waals surface area (Å²) < 4.78 is 49.5. The Labute approximate surface area is 165 Å². The van der Waals surface area contributed by atoms with Gasteiger partial charge in [0, 0.05) is 18.8 Å². The Hall–Kier alpha value is -1.93. The summed E-state index contributed by atoms with van der Waals surface area (Å²) in [7, 11) is -0.572. The van der Waals surface area contributed by atoms with Gasteiger partial charge in [-0.3, -0.25) is 4.68 Å². The van der Waals surface area contributed by atoms with E-state index in [0.29, 0.717) is 0 Å². The lowest BCUT2D eigenvalue weighted by molar-refractivity contribution is 0.311. The minimum atomic E-state index is -3.85. The molecule has 0 atom stereocenters. The average Bonchev–Trinajstić information content (AvgIpc) is 3.40. The van der Waals surface area contributed by atoms with E-state index in [4.69, 9.17) is 4.74 Å². The molecule has 2 aliphatic carbocycles. The molecular formula is C20H26FN3O3S. The van der Waals surface area contributed by atoms with Crippen molar-refractivity contribution in [2.45, 2.75) is 62.4 Å². The van der Waals surface area contributed by atoms with Gasteiger partial charge in [0.15, 0.2) is 11.6 Å². The van der Waals surface area contributed by atoms with E-state index < -0.39 is 15.8 Å². The molecule has 1 aromatic carbocycles. The van der Waals surface area contributed by atoms with Crippen LogP contribution in [0.15, 0.2) is 23.1 Å². The number of sulfonamides is 1. The van der Waals surface area contributed by atoms with Gasteiger partial charge in [0.25, 0.3) is 0 Å². The Morgan fingerprint density at radius 3 is 2.68 bits per heavy atom. The van der Waals surface area contributed by atoms with Crippen LogP contribution in [-0.4, -0.2) is 35.7 Å². The van der Waals surface area contributed by atoms with E-state index >= 15 is 0 Å². The molecule has 1 heterocycles. The zero-order chi connectivity index (χ0) is 19.9. The molecule has 6 nitrogen and oxygen atoms in total. The first-order valence-corrected chi connectivity index (χ1v) is 11.2. The Morgan fingerprint density at radius 1 is 1.25 bits per heavy atom. The van der Waals surface area contributed by atoms with Crippen LogP contribution in [0.5, 0.6) is 5.75 Å². The maximum Gasteiger partial charge on any atom is 0.243 e. The van der Waals surface area contributed by atoms with Gasteiger partial charge in [0.05, 0.1) is 24.2 Å². The van der Waals surface area contributed by atoms with Crippen LogP contribution in [0.1, 0.15) is 49.1 Å². The molecule has 0 amide bonds. The second kappa shape index (κ2) is 7.48. The number of aromatic nitrogens is 2. The standard InChI is InChI=1S/C20H26FN3O3S/c1-23-19-9-5-8-16(19)18(22-23)13-24(14-6-3-4-7-14)28(25,26)15-10-11-20(27-2)17(21)12-15/h10-12,14H,3-9,13H2,1-2H3. The Balaban J connectivity index is 1.72. The number of halogens is 1. The lowest BCUT2D eigenvalue weighted by atomic mass is 10.2. The summed E-state index contributed by atoms with van der Waals surface area (Å²) >= 11 is 0. The zero-order valence-corrected chi connectivity index (χ0v) is 17.1. The molecule has 0 bridgehead atoms. The molecule has 0 unspecified atom stereocenters. The van der Waals surface area contributed by atoms with Crippen molar-refractivity contribution in [2.75, 3.05) is 7.11 Å². The number of aryl methyl sites for hydroxylation is 1. The molecule has 0 saturated heterocycles. The Bertz CT molecular complexity index is 981. The van der Waals surface area contributed by atoms with Crippen molar-refractivity contribution in [3.63, 3.8) is 0 Å². The van der Waals surface area contributed by atoms with Crippen molar-refractivity contribution in [3.8, 4) is 5.75 Å². The number of hydrogen-bond acceptors (Lipinski definition) is 4. The predicted molar refractivity (Wildman–Crippen MR) is 103 cm³/mol. The molecule has 1 aromatic heterocycles. The summed E-state index contributed by atoms with van der Waals surface area (Å²) in [6.07, 6.45) is 6.67. The molecule has 1 fully saturated rings. The SMILES string of the molecule is COc1ccc(S(=O)(=O)N(Cc2nn(C)c3c2CCC3)C2CCCC2)cc1F. The summed E-state index contributed by atoms with van der Waals surface area (Å²) in [4.78, 5) is -0.0368.